The highest BCUT2D eigenvalue weighted by Crippen LogP contribution is 2.12. The molecular weight excluding hydrogens is 368 g/mol. The maximum atomic E-state index is 12.7. The molecule has 0 saturated carbocycles. The Morgan fingerprint density at radius 2 is 2.00 bits per heavy atom. The number of carbonyl (C=O) groups is 1. The molecule has 1 amide bonds. The molecule has 1 saturated heterocycles. The van der Waals surface area contributed by atoms with E-state index in [0.29, 0.717) is 23.1 Å². The molecule has 7 heteroatoms. The van der Waals surface area contributed by atoms with Crippen molar-refractivity contribution in [2.24, 2.45) is 0 Å². The first-order chi connectivity index (χ1) is 14.0. The van der Waals surface area contributed by atoms with Gasteiger partial charge in [0, 0.05) is 24.1 Å². The fourth-order valence-corrected chi connectivity index (χ4v) is 4.10. The van der Waals surface area contributed by atoms with Gasteiger partial charge in [-0.1, -0.05) is 30.3 Å². The molecule has 3 N–H and O–H groups in total. The van der Waals surface area contributed by atoms with E-state index >= 15 is 0 Å². The molecule has 0 spiro atoms. The Balaban J connectivity index is 1.46. The lowest BCUT2D eigenvalue weighted by Gasteiger charge is -2.15. The predicted octanol–water partition coefficient (Wildman–Crippen LogP) is 0.297. The topological polar surface area (TPSA) is 88.4 Å². The van der Waals surface area contributed by atoms with Crippen molar-refractivity contribution in [2.75, 3.05) is 13.1 Å². The molecule has 0 aliphatic carbocycles. The molecule has 1 aliphatic rings. The van der Waals surface area contributed by atoms with Gasteiger partial charge in [0.15, 0.2) is 0 Å². The number of likely N-dealkylation sites (tertiary alicyclic amines) is 1. The molecule has 1 unspecified atom stereocenters. The minimum Gasteiger partial charge on any atom is -0.343 e. The van der Waals surface area contributed by atoms with Gasteiger partial charge in [0.2, 0.25) is 0 Å². The van der Waals surface area contributed by atoms with Gasteiger partial charge in [0.1, 0.15) is 6.54 Å². The second-order valence-corrected chi connectivity index (χ2v) is 7.56. The Morgan fingerprint density at radius 1 is 1.21 bits per heavy atom. The lowest BCUT2D eigenvalue weighted by molar-refractivity contribution is -0.901. The monoisotopic (exact) mass is 393 g/mol. The van der Waals surface area contributed by atoms with Crippen molar-refractivity contribution >= 4 is 16.9 Å². The van der Waals surface area contributed by atoms with Crippen LogP contribution < -0.4 is 21.3 Å². The van der Waals surface area contributed by atoms with E-state index < -0.39 is 11.1 Å². The zero-order valence-electron chi connectivity index (χ0n) is 16.4. The standard InChI is InChI=1S/C22H24N4O3/c1-2-26-19-9-8-16(12-18(19)24-21(28)22(26)29)20(27)23-17-10-11-25(14-17)13-15-6-4-3-5-7-15/h3-9,12,17H,2,10-11,13-14H2,1H3,(H,23,27)(H,24,28)/p+1/t17-/m0/s1. The van der Waals surface area contributed by atoms with Crippen LogP contribution in [0.4, 0.5) is 0 Å². The number of H-pyrrole nitrogens is 1. The Morgan fingerprint density at radius 3 is 2.76 bits per heavy atom. The van der Waals surface area contributed by atoms with Gasteiger partial charge in [-0.05, 0) is 25.1 Å². The van der Waals surface area contributed by atoms with Crippen molar-refractivity contribution in [1.29, 1.82) is 0 Å². The van der Waals surface area contributed by atoms with Crippen LogP contribution in [0.3, 0.4) is 0 Å². The van der Waals surface area contributed by atoms with Gasteiger partial charge in [-0.3, -0.25) is 14.4 Å². The number of benzene rings is 2. The van der Waals surface area contributed by atoms with Gasteiger partial charge in [-0.2, -0.15) is 0 Å². The number of hydrogen-bond donors (Lipinski definition) is 3. The minimum absolute atomic E-state index is 0.126. The molecule has 2 atom stereocenters. The number of aryl methyl sites for hydroxylation is 1. The third kappa shape index (κ3) is 4.00. The summed E-state index contributed by atoms with van der Waals surface area (Å²) in [5, 5.41) is 3.11. The highest BCUT2D eigenvalue weighted by atomic mass is 16.2. The van der Waals surface area contributed by atoms with Crippen LogP contribution >= 0.6 is 0 Å². The van der Waals surface area contributed by atoms with Crippen molar-refractivity contribution in [1.82, 2.24) is 14.9 Å². The van der Waals surface area contributed by atoms with Gasteiger partial charge in [-0.15, -0.1) is 0 Å². The van der Waals surface area contributed by atoms with E-state index in [-0.39, 0.29) is 11.9 Å². The first-order valence-corrected chi connectivity index (χ1v) is 10.0. The summed E-state index contributed by atoms with van der Waals surface area (Å²) in [5.74, 6) is -0.159. The van der Waals surface area contributed by atoms with Crippen LogP contribution in [0.2, 0.25) is 0 Å². The lowest BCUT2D eigenvalue weighted by atomic mass is 10.1. The van der Waals surface area contributed by atoms with Gasteiger partial charge in [0.25, 0.3) is 5.91 Å². The van der Waals surface area contributed by atoms with Crippen molar-refractivity contribution in [3.8, 4) is 0 Å². The normalized spacial score (nSPS) is 18.8. The van der Waals surface area contributed by atoms with E-state index in [4.69, 9.17) is 0 Å². The van der Waals surface area contributed by atoms with Crippen molar-refractivity contribution < 1.29 is 9.69 Å². The number of aromatic amines is 1. The molecule has 0 bridgehead atoms. The smallest absolute Gasteiger partial charge is 0.316 e. The molecular formula is C22H25N4O3+. The molecule has 1 fully saturated rings. The number of rotatable bonds is 5. The Kier molecular flexibility index (Phi) is 5.31. The molecule has 0 radical (unpaired) electrons. The SMILES string of the molecule is CCn1c(=O)c(=O)[nH]c2cc(C(=O)N[C@H]3CC[NH+](Cc4ccccc4)C3)ccc21. The average molecular weight is 393 g/mol. The summed E-state index contributed by atoms with van der Waals surface area (Å²) >= 11 is 0. The molecule has 1 aromatic heterocycles. The lowest BCUT2D eigenvalue weighted by Crippen LogP contribution is -3.09. The first-order valence-electron chi connectivity index (χ1n) is 10.0. The number of aromatic nitrogens is 2. The molecule has 1 aliphatic heterocycles. The van der Waals surface area contributed by atoms with Crippen LogP contribution in [0.15, 0.2) is 58.1 Å². The largest absolute Gasteiger partial charge is 0.343 e. The molecule has 150 valence electrons. The second kappa shape index (κ2) is 8.05. The summed E-state index contributed by atoms with van der Waals surface area (Å²) in [4.78, 5) is 40.6. The summed E-state index contributed by atoms with van der Waals surface area (Å²) in [6.07, 6.45) is 0.938. The maximum Gasteiger partial charge on any atom is 0.316 e. The molecule has 2 aromatic carbocycles. The Bertz CT molecular complexity index is 1150. The van der Waals surface area contributed by atoms with Gasteiger partial charge >= 0.3 is 11.1 Å². The molecule has 2 heterocycles. The number of carbonyl (C=O) groups excluding carboxylic acids is 1. The molecule has 3 aromatic rings. The fraction of sp³-hybridized carbons (Fsp3) is 0.318. The summed E-state index contributed by atoms with van der Waals surface area (Å²) < 4.78 is 1.41. The number of hydrogen-bond acceptors (Lipinski definition) is 3. The van der Waals surface area contributed by atoms with Crippen LogP contribution in [0, 0.1) is 0 Å². The molecule has 7 nitrogen and oxygen atoms in total. The van der Waals surface area contributed by atoms with E-state index in [2.05, 4.69) is 22.4 Å². The van der Waals surface area contributed by atoms with Gasteiger partial charge in [-0.25, -0.2) is 0 Å². The third-order valence-corrected chi connectivity index (χ3v) is 5.57. The molecule has 4 rings (SSSR count). The van der Waals surface area contributed by atoms with Crippen molar-refractivity contribution in [3.05, 3.63) is 80.4 Å². The van der Waals surface area contributed by atoms with Crippen molar-refractivity contribution in [3.63, 3.8) is 0 Å². The summed E-state index contributed by atoms with van der Waals surface area (Å²) in [5.41, 5.74) is 1.64. The van der Waals surface area contributed by atoms with Crippen LogP contribution in [0.5, 0.6) is 0 Å². The fourth-order valence-electron chi connectivity index (χ4n) is 4.10. The van der Waals surface area contributed by atoms with Crippen molar-refractivity contribution in [2.45, 2.75) is 32.5 Å². The summed E-state index contributed by atoms with van der Waals surface area (Å²) in [6.45, 7) is 5.07. The van der Waals surface area contributed by atoms with Crippen LogP contribution in [-0.4, -0.2) is 34.6 Å². The number of nitrogens with one attached hydrogen (secondary N) is 3. The Labute approximate surface area is 168 Å². The average Bonchev–Trinajstić information content (AvgIpc) is 3.16. The number of nitrogens with zero attached hydrogens (tertiary/aromatic N) is 1. The zero-order chi connectivity index (χ0) is 20.4. The minimum atomic E-state index is -0.673. The highest BCUT2D eigenvalue weighted by molar-refractivity contribution is 5.97. The van der Waals surface area contributed by atoms with Crippen LogP contribution in [-0.2, 0) is 13.1 Å². The third-order valence-electron chi connectivity index (χ3n) is 5.57. The Hall–Kier alpha value is -3.19. The summed E-state index contributed by atoms with van der Waals surface area (Å²) in [6, 6.07) is 15.6. The molecule has 29 heavy (non-hydrogen) atoms. The summed E-state index contributed by atoms with van der Waals surface area (Å²) in [7, 11) is 0. The van der Waals surface area contributed by atoms with Gasteiger partial charge in [0.05, 0.1) is 30.2 Å². The predicted molar refractivity (Wildman–Crippen MR) is 111 cm³/mol. The number of fused-ring (bicyclic) bond motifs is 1. The zero-order valence-corrected chi connectivity index (χ0v) is 16.4. The van der Waals surface area contributed by atoms with E-state index in [1.54, 1.807) is 18.2 Å². The maximum absolute atomic E-state index is 12.7. The van der Waals surface area contributed by atoms with E-state index in [1.807, 2.05) is 25.1 Å². The second-order valence-electron chi connectivity index (χ2n) is 7.56. The van der Waals surface area contributed by atoms with Gasteiger partial charge < -0.3 is 19.8 Å². The first kappa shape index (κ1) is 19.1. The van der Waals surface area contributed by atoms with E-state index in [0.717, 1.165) is 26.1 Å². The number of amides is 1. The van der Waals surface area contributed by atoms with Crippen LogP contribution in [0.25, 0.3) is 11.0 Å². The highest BCUT2D eigenvalue weighted by Gasteiger charge is 2.27. The van der Waals surface area contributed by atoms with E-state index in [9.17, 15) is 14.4 Å². The van der Waals surface area contributed by atoms with E-state index in [1.165, 1.54) is 15.0 Å². The quantitative estimate of drug-likeness (QED) is 0.545. The number of quaternary nitrogens is 1. The van der Waals surface area contributed by atoms with Crippen LogP contribution in [0.1, 0.15) is 29.3 Å².